The van der Waals surface area contributed by atoms with Crippen LogP contribution in [0.3, 0.4) is 0 Å². The molecule has 4 nitrogen and oxygen atoms in total. The average Bonchev–Trinajstić information content (AvgIpc) is 1.84. The Morgan fingerprint density at radius 2 is 1.92 bits per heavy atom. The highest BCUT2D eigenvalue weighted by molar-refractivity contribution is 5.72. The highest BCUT2D eigenvalue weighted by atomic mass is 19.1. The van der Waals surface area contributed by atoms with E-state index in [1.165, 1.54) is 0 Å². The smallest absolute Gasteiger partial charge is 0.309 e. The maximum Gasteiger partial charge on any atom is 0.309 e. The lowest BCUT2D eigenvalue weighted by Crippen LogP contribution is -2.23. The Morgan fingerprint density at radius 3 is 2.17 bits per heavy atom. The minimum absolute atomic E-state index is 0.164. The van der Waals surface area contributed by atoms with Crippen LogP contribution in [0.4, 0.5) is 4.39 Å². The molecule has 0 rings (SSSR count). The first-order valence-electron chi connectivity index (χ1n) is 3.53. The van der Waals surface area contributed by atoms with Gasteiger partial charge in [-0.05, 0) is 13.3 Å². The van der Waals surface area contributed by atoms with E-state index in [9.17, 15) is 14.0 Å². The number of halogens is 1. The number of aliphatic carboxylic acids is 2. The van der Waals surface area contributed by atoms with Crippen molar-refractivity contribution in [2.45, 2.75) is 25.9 Å². The molecule has 5 heteroatoms. The summed E-state index contributed by atoms with van der Waals surface area (Å²) in [7, 11) is 0. The van der Waals surface area contributed by atoms with Crippen LogP contribution in [0.25, 0.3) is 0 Å². The molecular weight excluding hydrogens is 167 g/mol. The van der Waals surface area contributed by atoms with Gasteiger partial charge in [0.2, 0.25) is 0 Å². The largest absolute Gasteiger partial charge is 0.481 e. The topological polar surface area (TPSA) is 74.6 Å². The van der Waals surface area contributed by atoms with E-state index in [4.69, 9.17) is 10.2 Å². The normalized spacial score (nSPS) is 15.2. The molecule has 0 bridgehead atoms. The Kier molecular flexibility index (Phi) is 4.25. The molecule has 0 fully saturated rings. The van der Waals surface area contributed by atoms with Crippen molar-refractivity contribution in [3.05, 3.63) is 0 Å². The monoisotopic (exact) mass is 178 g/mol. The molecule has 0 aliphatic rings. The van der Waals surface area contributed by atoms with Crippen LogP contribution in [-0.2, 0) is 9.59 Å². The summed E-state index contributed by atoms with van der Waals surface area (Å²) in [5.74, 6) is -3.60. The number of carboxylic acid groups (broad SMARTS) is 2. The zero-order chi connectivity index (χ0) is 9.72. The molecule has 0 aromatic carbocycles. The van der Waals surface area contributed by atoms with Crippen LogP contribution in [0.2, 0.25) is 0 Å². The number of carboxylic acids is 2. The first-order chi connectivity index (χ1) is 5.45. The third kappa shape index (κ3) is 3.90. The van der Waals surface area contributed by atoms with Gasteiger partial charge in [-0.2, -0.15) is 0 Å². The number of hydrogen-bond donors (Lipinski definition) is 2. The van der Waals surface area contributed by atoms with Gasteiger partial charge in [0.15, 0.2) is 0 Å². The molecule has 0 aliphatic heterocycles. The second kappa shape index (κ2) is 4.69. The molecule has 2 atom stereocenters. The zero-order valence-electron chi connectivity index (χ0n) is 6.66. The van der Waals surface area contributed by atoms with E-state index in [0.717, 1.165) is 6.92 Å². The van der Waals surface area contributed by atoms with Gasteiger partial charge in [0.05, 0.1) is 5.92 Å². The van der Waals surface area contributed by atoms with E-state index >= 15 is 0 Å². The SMILES string of the molecule is CC(F)C(CCC(=O)O)C(=O)O. The minimum Gasteiger partial charge on any atom is -0.481 e. The third-order valence-corrected chi connectivity index (χ3v) is 1.54. The Bertz CT molecular complexity index is 178. The van der Waals surface area contributed by atoms with Gasteiger partial charge in [-0.1, -0.05) is 0 Å². The van der Waals surface area contributed by atoms with E-state index in [-0.39, 0.29) is 12.8 Å². The van der Waals surface area contributed by atoms with E-state index in [0.29, 0.717) is 0 Å². The van der Waals surface area contributed by atoms with Gasteiger partial charge in [0.25, 0.3) is 0 Å². The second-order valence-electron chi connectivity index (χ2n) is 2.55. The fourth-order valence-corrected chi connectivity index (χ4v) is 0.829. The molecule has 70 valence electrons. The first kappa shape index (κ1) is 10.9. The summed E-state index contributed by atoms with van der Waals surface area (Å²) in [6.45, 7) is 1.11. The van der Waals surface area contributed by atoms with Crippen molar-refractivity contribution >= 4 is 11.9 Å². The van der Waals surface area contributed by atoms with Crippen LogP contribution in [0.15, 0.2) is 0 Å². The molecule has 0 aliphatic carbocycles. The van der Waals surface area contributed by atoms with Gasteiger partial charge in [-0.3, -0.25) is 9.59 Å². The van der Waals surface area contributed by atoms with Crippen molar-refractivity contribution in [1.29, 1.82) is 0 Å². The van der Waals surface area contributed by atoms with Crippen LogP contribution in [-0.4, -0.2) is 28.3 Å². The van der Waals surface area contributed by atoms with E-state index in [2.05, 4.69) is 0 Å². The van der Waals surface area contributed by atoms with Gasteiger partial charge in [-0.15, -0.1) is 0 Å². The van der Waals surface area contributed by atoms with Crippen molar-refractivity contribution in [2.24, 2.45) is 5.92 Å². The summed E-state index contributed by atoms with van der Waals surface area (Å²) in [4.78, 5) is 20.4. The molecule has 2 unspecified atom stereocenters. The zero-order valence-corrected chi connectivity index (χ0v) is 6.66. The molecule has 0 radical (unpaired) electrons. The summed E-state index contributed by atoms with van der Waals surface area (Å²) in [5.41, 5.74) is 0. The van der Waals surface area contributed by atoms with Crippen molar-refractivity contribution in [2.75, 3.05) is 0 Å². The molecule has 0 saturated heterocycles. The van der Waals surface area contributed by atoms with Gasteiger partial charge in [0.1, 0.15) is 6.17 Å². The second-order valence-corrected chi connectivity index (χ2v) is 2.55. The number of alkyl halides is 1. The Hall–Kier alpha value is -1.13. The van der Waals surface area contributed by atoms with Gasteiger partial charge < -0.3 is 10.2 Å². The van der Waals surface area contributed by atoms with Crippen LogP contribution in [0.5, 0.6) is 0 Å². The van der Waals surface area contributed by atoms with Gasteiger partial charge >= 0.3 is 11.9 Å². The van der Waals surface area contributed by atoms with Crippen LogP contribution < -0.4 is 0 Å². The predicted octanol–water partition coefficient (Wildman–Crippen LogP) is 0.910. The fraction of sp³-hybridized carbons (Fsp3) is 0.714. The summed E-state index contributed by atoms with van der Waals surface area (Å²) in [6, 6.07) is 0. The van der Waals surface area contributed by atoms with Crippen molar-refractivity contribution in [1.82, 2.24) is 0 Å². The number of carbonyl (C=O) groups is 2. The first-order valence-corrected chi connectivity index (χ1v) is 3.53. The molecule has 0 aromatic heterocycles. The summed E-state index contributed by atoms with van der Waals surface area (Å²) in [6.07, 6.45) is -1.99. The third-order valence-electron chi connectivity index (χ3n) is 1.54. The molecule has 0 heterocycles. The van der Waals surface area contributed by atoms with Crippen molar-refractivity contribution in [3.63, 3.8) is 0 Å². The fourth-order valence-electron chi connectivity index (χ4n) is 0.829. The molecule has 0 amide bonds. The minimum atomic E-state index is -1.51. The molecular formula is C7H11FO4. The van der Waals surface area contributed by atoms with E-state index in [1.807, 2.05) is 0 Å². The van der Waals surface area contributed by atoms with Crippen molar-refractivity contribution in [3.8, 4) is 0 Å². The van der Waals surface area contributed by atoms with Crippen LogP contribution in [0.1, 0.15) is 19.8 Å². The molecule has 0 spiro atoms. The number of rotatable bonds is 5. The van der Waals surface area contributed by atoms with Gasteiger partial charge in [-0.25, -0.2) is 4.39 Å². The average molecular weight is 178 g/mol. The standard InChI is InChI=1S/C7H11FO4/c1-4(8)5(7(11)12)2-3-6(9)10/h4-5H,2-3H2,1H3,(H,9,10)(H,11,12). The lowest BCUT2D eigenvalue weighted by Gasteiger charge is -2.11. The predicted molar refractivity (Wildman–Crippen MR) is 38.6 cm³/mol. The van der Waals surface area contributed by atoms with Crippen molar-refractivity contribution < 1.29 is 24.2 Å². The van der Waals surface area contributed by atoms with Crippen LogP contribution in [0, 0.1) is 5.92 Å². The molecule has 0 saturated carbocycles. The maximum absolute atomic E-state index is 12.5. The summed E-state index contributed by atoms with van der Waals surface area (Å²) >= 11 is 0. The highest BCUT2D eigenvalue weighted by Gasteiger charge is 2.24. The van der Waals surface area contributed by atoms with E-state index < -0.39 is 24.0 Å². The quantitative estimate of drug-likeness (QED) is 0.656. The Balaban J connectivity index is 3.97. The Labute approximate surface area is 69.0 Å². The lowest BCUT2D eigenvalue weighted by molar-refractivity contribution is -0.144. The highest BCUT2D eigenvalue weighted by Crippen LogP contribution is 2.14. The van der Waals surface area contributed by atoms with Gasteiger partial charge in [0, 0.05) is 6.42 Å². The van der Waals surface area contributed by atoms with Crippen LogP contribution >= 0.6 is 0 Å². The van der Waals surface area contributed by atoms with E-state index in [1.54, 1.807) is 0 Å². The molecule has 0 aromatic rings. The molecule has 12 heavy (non-hydrogen) atoms. The number of hydrogen-bond acceptors (Lipinski definition) is 2. The molecule has 2 N–H and O–H groups in total. The Morgan fingerprint density at radius 1 is 1.42 bits per heavy atom. The summed E-state index contributed by atoms with van der Waals surface area (Å²) in [5, 5.41) is 16.6. The lowest BCUT2D eigenvalue weighted by atomic mass is 9.99. The summed E-state index contributed by atoms with van der Waals surface area (Å²) < 4.78 is 12.5. The maximum atomic E-state index is 12.5.